The molecule has 1 aromatic rings. The molecule has 1 aromatic carbocycles. The van der Waals surface area contributed by atoms with Gasteiger partial charge in [0.15, 0.2) is 17.3 Å². The number of aliphatic imine (C=N–C) groups is 1. The van der Waals surface area contributed by atoms with Gasteiger partial charge in [-0.15, -0.1) is 0 Å². The van der Waals surface area contributed by atoms with E-state index in [1.54, 1.807) is 0 Å². The molecule has 30 heavy (non-hydrogen) atoms. The zero-order valence-corrected chi connectivity index (χ0v) is 17.0. The number of allylic oxidation sites excluding steroid dienone is 2. The second-order valence-corrected chi connectivity index (χ2v) is 8.22. The Morgan fingerprint density at radius 2 is 2.07 bits per heavy atom. The Hall–Kier alpha value is -2.67. The molecule has 0 spiro atoms. The average Bonchev–Trinajstić information content (AvgIpc) is 3.42. The number of esters is 1. The number of hydrogen-bond donors (Lipinski definition) is 0. The van der Waals surface area contributed by atoms with Crippen molar-refractivity contribution in [1.82, 2.24) is 0 Å². The van der Waals surface area contributed by atoms with Gasteiger partial charge in [-0.05, 0) is 50.3 Å². The van der Waals surface area contributed by atoms with Gasteiger partial charge < -0.3 is 18.9 Å². The minimum atomic E-state index is -0.646. The van der Waals surface area contributed by atoms with Crippen LogP contribution in [0, 0.1) is 5.92 Å². The predicted octanol–water partition coefficient (Wildman–Crippen LogP) is 3.32. The number of fused-ring (bicyclic) bond motifs is 1. The summed E-state index contributed by atoms with van der Waals surface area (Å²) < 4.78 is 22.2. The number of Topliss-reactive ketones (excluding diaryl/α,β-unsaturated/α-hetero) is 1. The maximum Gasteiger partial charge on any atom is 0.315 e. The van der Waals surface area contributed by atoms with Gasteiger partial charge in [0, 0.05) is 35.9 Å². The van der Waals surface area contributed by atoms with E-state index < -0.39 is 11.8 Å². The molecule has 4 aliphatic rings. The maximum atomic E-state index is 13.2. The third-order valence-electron chi connectivity index (χ3n) is 6.28. The van der Waals surface area contributed by atoms with Crippen LogP contribution in [-0.2, 0) is 19.1 Å². The summed E-state index contributed by atoms with van der Waals surface area (Å²) in [7, 11) is 0. The summed E-state index contributed by atoms with van der Waals surface area (Å²) in [5.41, 5.74) is 2.97. The monoisotopic (exact) mass is 411 g/mol. The molecule has 0 radical (unpaired) electrons. The largest absolute Gasteiger partial charge is 0.462 e. The molecule has 158 valence electrons. The van der Waals surface area contributed by atoms with Gasteiger partial charge in [-0.1, -0.05) is 6.07 Å². The van der Waals surface area contributed by atoms with Crippen molar-refractivity contribution in [2.45, 2.75) is 51.0 Å². The Bertz CT molecular complexity index is 943. The van der Waals surface area contributed by atoms with Gasteiger partial charge in [0.2, 0.25) is 6.79 Å². The van der Waals surface area contributed by atoms with Crippen molar-refractivity contribution < 1.29 is 28.5 Å². The van der Waals surface area contributed by atoms with Crippen molar-refractivity contribution in [3.63, 3.8) is 0 Å². The lowest BCUT2D eigenvalue weighted by Gasteiger charge is -2.34. The number of hydrogen-bond acceptors (Lipinski definition) is 7. The molecule has 3 atom stereocenters. The van der Waals surface area contributed by atoms with Gasteiger partial charge in [-0.2, -0.15) is 0 Å². The van der Waals surface area contributed by atoms with Crippen LogP contribution < -0.4 is 9.47 Å². The predicted molar refractivity (Wildman–Crippen MR) is 108 cm³/mol. The summed E-state index contributed by atoms with van der Waals surface area (Å²) in [4.78, 5) is 30.8. The molecule has 0 bridgehead atoms. The van der Waals surface area contributed by atoms with Gasteiger partial charge in [-0.3, -0.25) is 14.6 Å². The van der Waals surface area contributed by atoms with Crippen molar-refractivity contribution in [2.75, 3.05) is 20.0 Å². The van der Waals surface area contributed by atoms with Crippen molar-refractivity contribution in [1.29, 1.82) is 0 Å². The first-order chi connectivity index (χ1) is 14.6. The van der Waals surface area contributed by atoms with Crippen molar-refractivity contribution in [2.24, 2.45) is 10.9 Å². The number of ether oxygens (including phenoxy) is 4. The summed E-state index contributed by atoms with van der Waals surface area (Å²) in [6.45, 7) is 2.96. The Kier molecular flexibility index (Phi) is 5.06. The van der Waals surface area contributed by atoms with Gasteiger partial charge in [-0.25, -0.2) is 0 Å². The topological polar surface area (TPSA) is 83.4 Å². The average molecular weight is 411 g/mol. The summed E-state index contributed by atoms with van der Waals surface area (Å²) in [6, 6.07) is 5.61. The highest BCUT2D eigenvalue weighted by Crippen LogP contribution is 2.46. The van der Waals surface area contributed by atoms with E-state index in [4.69, 9.17) is 18.9 Å². The van der Waals surface area contributed by atoms with E-state index >= 15 is 0 Å². The van der Waals surface area contributed by atoms with Crippen LogP contribution in [0.1, 0.15) is 50.5 Å². The summed E-state index contributed by atoms with van der Waals surface area (Å²) in [5.74, 6) is -0.0815. The van der Waals surface area contributed by atoms with Crippen LogP contribution in [-0.4, -0.2) is 43.6 Å². The van der Waals surface area contributed by atoms with Crippen LogP contribution in [0.4, 0.5) is 0 Å². The molecule has 1 unspecified atom stereocenters. The Morgan fingerprint density at radius 3 is 2.90 bits per heavy atom. The SMILES string of the molecule is CC1=NC2=C(C(=O)CCC2)[C@@H](c2ccc3c(c2)OCO3)C1C(=O)OC[C@H]1CCCO1. The normalized spacial score (nSPS) is 27.7. The fourth-order valence-electron chi connectivity index (χ4n) is 4.82. The minimum Gasteiger partial charge on any atom is -0.462 e. The molecule has 0 N–H and O–H groups in total. The van der Waals surface area contributed by atoms with Crippen molar-refractivity contribution >= 4 is 17.5 Å². The van der Waals surface area contributed by atoms with E-state index in [0.717, 1.165) is 36.9 Å². The number of benzene rings is 1. The van der Waals surface area contributed by atoms with Gasteiger partial charge in [0.25, 0.3) is 0 Å². The number of carbonyl (C=O) groups excluding carboxylic acids is 2. The van der Waals surface area contributed by atoms with Crippen molar-refractivity contribution in [3.05, 3.63) is 35.0 Å². The van der Waals surface area contributed by atoms with Crippen LogP contribution in [0.25, 0.3) is 0 Å². The third kappa shape index (κ3) is 3.41. The first kappa shape index (κ1) is 19.3. The molecule has 0 aromatic heterocycles. The van der Waals surface area contributed by atoms with Crippen LogP contribution in [0.15, 0.2) is 34.5 Å². The van der Waals surface area contributed by atoms with Gasteiger partial charge in [0.1, 0.15) is 12.5 Å². The fourth-order valence-corrected chi connectivity index (χ4v) is 4.82. The molecule has 7 heteroatoms. The summed E-state index contributed by atoms with van der Waals surface area (Å²) in [6.07, 6.45) is 3.84. The zero-order valence-electron chi connectivity index (χ0n) is 17.0. The Balaban J connectivity index is 1.50. The van der Waals surface area contributed by atoms with Crippen LogP contribution >= 0.6 is 0 Å². The Labute approximate surface area is 175 Å². The van der Waals surface area contributed by atoms with E-state index in [2.05, 4.69) is 4.99 Å². The van der Waals surface area contributed by atoms with E-state index in [-0.39, 0.29) is 31.3 Å². The lowest BCUT2D eigenvalue weighted by Crippen LogP contribution is -2.38. The van der Waals surface area contributed by atoms with Crippen molar-refractivity contribution in [3.8, 4) is 11.5 Å². The van der Waals surface area contributed by atoms with E-state index in [0.29, 0.717) is 35.8 Å². The molecule has 3 heterocycles. The fraction of sp³-hybridized carbons (Fsp3) is 0.522. The standard InChI is InChI=1S/C23H25NO6/c1-13-20(23(26)28-11-15-4-3-9-27-15)21(22-16(24-13)5-2-6-17(22)25)14-7-8-18-19(10-14)30-12-29-18/h7-8,10,15,20-21H,2-6,9,11-12H2,1H3/t15-,20?,21+/m1/s1. The quantitative estimate of drug-likeness (QED) is 0.707. The minimum absolute atomic E-state index is 0.0510. The molecular weight excluding hydrogens is 386 g/mol. The molecule has 0 amide bonds. The molecule has 1 aliphatic carbocycles. The van der Waals surface area contributed by atoms with Gasteiger partial charge in [0.05, 0.1) is 6.10 Å². The van der Waals surface area contributed by atoms with E-state index in [9.17, 15) is 9.59 Å². The number of carbonyl (C=O) groups is 2. The summed E-state index contributed by atoms with van der Waals surface area (Å²) in [5, 5.41) is 0. The molecule has 1 fully saturated rings. The second kappa shape index (κ2) is 7.87. The highest BCUT2D eigenvalue weighted by atomic mass is 16.7. The molecule has 5 rings (SSSR count). The lowest BCUT2D eigenvalue weighted by molar-refractivity contribution is -0.149. The van der Waals surface area contributed by atoms with Crippen LogP contribution in [0.5, 0.6) is 11.5 Å². The maximum absolute atomic E-state index is 13.2. The van der Waals surface area contributed by atoms with Gasteiger partial charge >= 0.3 is 5.97 Å². The highest BCUT2D eigenvalue weighted by Gasteiger charge is 2.43. The first-order valence-electron chi connectivity index (χ1n) is 10.6. The molecule has 0 saturated carbocycles. The second-order valence-electron chi connectivity index (χ2n) is 8.22. The smallest absolute Gasteiger partial charge is 0.315 e. The number of ketones is 1. The van der Waals surface area contributed by atoms with E-state index in [1.807, 2.05) is 25.1 Å². The zero-order chi connectivity index (χ0) is 20.7. The molecule has 1 saturated heterocycles. The third-order valence-corrected chi connectivity index (χ3v) is 6.28. The molecular formula is C23H25NO6. The summed E-state index contributed by atoms with van der Waals surface area (Å²) >= 11 is 0. The van der Waals surface area contributed by atoms with E-state index in [1.165, 1.54) is 0 Å². The molecule has 3 aliphatic heterocycles. The first-order valence-corrected chi connectivity index (χ1v) is 10.6. The van der Waals surface area contributed by atoms with Crippen LogP contribution in [0.3, 0.4) is 0 Å². The number of nitrogens with zero attached hydrogens (tertiary/aromatic N) is 1. The lowest BCUT2D eigenvalue weighted by atomic mass is 9.71. The highest BCUT2D eigenvalue weighted by molar-refractivity contribution is 6.08. The van der Waals surface area contributed by atoms with Crippen LogP contribution in [0.2, 0.25) is 0 Å². The number of rotatable bonds is 4. The Morgan fingerprint density at radius 1 is 1.20 bits per heavy atom. The molecule has 7 nitrogen and oxygen atoms in total.